The highest BCUT2D eigenvalue weighted by atomic mass is 35.5. The van der Waals surface area contributed by atoms with E-state index in [-0.39, 0.29) is 76.3 Å². The second-order valence-corrected chi connectivity index (χ2v) is 29.7. The van der Waals surface area contributed by atoms with Crippen LogP contribution in [-0.2, 0) is 70.1 Å². The number of hydrogen-bond acceptors (Lipinski definition) is 13. The smallest absolute Gasteiger partial charge is 0.391 e. The third-order valence-electron chi connectivity index (χ3n) is 21.4. The van der Waals surface area contributed by atoms with Crippen LogP contribution in [0, 0.1) is 17.8 Å². The lowest BCUT2D eigenvalue weighted by Gasteiger charge is -2.45. The zero-order valence-corrected chi connectivity index (χ0v) is 60.6. The molecule has 4 heterocycles. The van der Waals surface area contributed by atoms with Gasteiger partial charge in [-0.15, -0.1) is 0 Å². The maximum atomic E-state index is 15.4. The second-order valence-electron chi connectivity index (χ2n) is 29.3. The fraction of sp³-hybridized carbons (Fsp3) is 0.743. The van der Waals surface area contributed by atoms with Gasteiger partial charge in [0, 0.05) is 68.5 Å². The first-order chi connectivity index (χ1) is 46.5. The van der Waals surface area contributed by atoms with E-state index in [4.69, 9.17) is 11.6 Å². The van der Waals surface area contributed by atoms with Gasteiger partial charge < -0.3 is 65.2 Å². The number of carbonyl (C=O) groups is 12. The van der Waals surface area contributed by atoms with Crippen LogP contribution >= 0.6 is 11.6 Å². The highest BCUT2D eigenvalue weighted by Crippen LogP contribution is 2.37. The SMILES string of the molecule is CC(C)C[C@H]1C(=O)N[C@@H]([C@@H](C)O)C(=O)N(C)[C@@H](C)C(=O)N2CC[C@H]2C(=O)N(C)[C@@H](CC2CCCCC2)C(=O)N(C)CC(=O)N[C@@H](CCc2ccc(C(F)(F)F)c(Cl)c2)C(=O)N2CCC[C@H]2C(=O)NC2(CCCC2)C(=O)N(C)[C@@H](C(C)C)C(=O)N(C)[C@H](C(=O)N2CCCCC2)CC(=O)N1C. The Labute approximate surface area is 585 Å². The number of amides is 12. The van der Waals surface area contributed by atoms with Gasteiger partial charge in [-0.25, -0.2) is 0 Å². The summed E-state index contributed by atoms with van der Waals surface area (Å²) in [4.78, 5) is 190. The lowest BCUT2D eigenvalue weighted by atomic mass is 9.84. The molecule has 7 rings (SSSR count). The van der Waals surface area contributed by atoms with Gasteiger partial charge in [-0.2, -0.15) is 13.2 Å². The second kappa shape index (κ2) is 34.0. The van der Waals surface area contributed by atoms with Crippen LogP contribution in [-0.4, -0.2) is 261 Å². The molecule has 2 saturated carbocycles. The predicted octanol–water partition coefficient (Wildman–Crippen LogP) is 4.36. The highest BCUT2D eigenvalue weighted by Gasteiger charge is 2.51. The molecule has 0 radical (unpaired) electrons. The number of fused-ring (bicyclic) bond motifs is 2. The normalized spacial score (nSPS) is 28.0. The molecule has 552 valence electrons. The summed E-state index contributed by atoms with van der Waals surface area (Å²) < 4.78 is 41.6. The standard InChI is InChI=1S/C70H106ClF3N12O13/c1-41(2)36-52-59(90)76-57(44(6)87)66(97)79(8)43(5)61(92)86-35-29-51(86)64(95)81(10)53(38-45-22-15-13-16-23-45)63(94)78(7)40-55(88)75-49(28-26-46-25-27-47(48(71)37-46)70(72,73)74)62(93)85-34-21-24-50(85)60(91)77-69(30-17-18-31-69)68(99)83(12)58(42(3)4)67(98)82(11)54(39-56(89)80(52)9)65(96)84-32-19-14-20-33-84/h25,27,37,41-45,49-54,57-58,87H,13-24,26,28-36,38-40H2,1-12H3,(H,75,88)(H,76,90)(H,77,91)/t43-,44+,49-,50-,51-,52-,53-,54-,57-,58-/m0/s1. The summed E-state index contributed by atoms with van der Waals surface area (Å²) in [5, 5.41) is 19.0. The molecular formula is C70H106ClF3N12O13. The number of aliphatic hydroxyl groups is 1. The zero-order chi connectivity index (χ0) is 73.3. The van der Waals surface area contributed by atoms with E-state index in [1.165, 1.54) is 81.8 Å². The number of carbonyl (C=O) groups excluding carboxylic acids is 12. The van der Waals surface area contributed by atoms with E-state index >= 15 is 19.2 Å². The molecule has 2 aliphatic carbocycles. The molecule has 4 saturated heterocycles. The zero-order valence-electron chi connectivity index (χ0n) is 59.8. The van der Waals surface area contributed by atoms with Gasteiger partial charge in [-0.1, -0.05) is 90.3 Å². The quantitative estimate of drug-likeness (QED) is 0.254. The van der Waals surface area contributed by atoms with Crippen LogP contribution in [0.2, 0.25) is 5.02 Å². The summed E-state index contributed by atoms with van der Waals surface area (Å²) in [7, 11) is 8.31. The van der Waals surface area contributed by atoms with Gasteiger partial charge in [0.2, 0.25) is 70.9 Å². The molecule has 0 aromatic heterocycles. The lowest BCUT2D eigenvalue weighted by Crippen LogP contribution is -2.65. The molecule has 0 bridgehead atoms. The van der Waals surface area contributed by atoms with Crippen LogP contribution in [0.1, 0.15) is 175 Å². The van der Waals surface area contributed by atoms with Crippen molar-refractivity contribution in [3.8, 4) is 0 Å². The Balaban J connectivity index is 1.28. The van der Waals surface area contributed by atoms with Gasteiger partial charge in [0.25, 0.3) is 0 Å². The minimum absolute atomic E-state index is 0.00289. The van der Waals surface area contributed by atoms with Crippen LogP contribution in [0.4, 0.5) is 13.2 Å². The Morgan fingerprint density at radius 3 is 1.85 bits per heavy atom. The Morgan fingerprint density at radius 2 is 1.27 bits per heavy atom. The van der Waals surface area contributed by atoms with E-state index in [1.54, 1.807) is 18.7 Å². The van der Waals surface area contributed by atoms with E-state index in [1.807, 2.05) is 13.8 Å². The average Bonchev–Trinajstić information content (AvgIpc) is 1.58. The Bertz CT molecular complexity index is 3140. The van der Waals surface area contributed by atoms with Gasteiger partial charge in [-0.3, -0.25) is 57.5 Å². The fourth-order valence-electron chi connectivity index (χ4n) is 15.2. The highest BCUT2D eigenvalue weighted by molar-refractivity contribution is 6.31. The van der Waals surface area contributed by atoms with Crippen molar-refractivity contribution in [3.63, 3.8) is 0 Å². The van der Waals surface area contributed by atoms with E-state index in [0.29, 0.717) is 50.8 Å². The number of halogens is 4. The van der Waals surface area contributed by atoms with Gasteiger partial charge in [-0.05, 0) is 126 Å². The molecule has 6 fully saturated rings. The van der Waals surface area contributed by atoms with Crippen molar-refractivity contribution in [2.45, 2.75) is 242 Å². The molecule has 6 aliphatic rings. The molecule has 1 aromatic carbocycles. The number of piperidine rings is 1. The van der Waals surface area contributed by atoms with Crippen LogP contribution in [0.3, 0.4) is 0 Å². The predicted molar refractivity (Wildman–Crippen MR) is 361 cm³/mol. The monoisotopic (exact) mass is 1410 g/mol. The van der Waals surface area contributed by atoms with Gasteiger partial charge >= 0.3 is 6.18 Å². The van der Waals surface area contributed by atoms with Crippen molar-refractivity contribution in [1.82, 2.24) is 60.0 Å². The third kappa shape index (κ3) is 18.7. The van der Waals surface area contributed by atoms with Crippen molar-refractivity contribution >= 4 is 82.5 Å². The summed E-state index contributed by atoms with van der Waals surface area (Å²) in [6, 6.07) is -8.71. The van der Waals surface area contributed by atoms with Gasteiger partial charge in [0.05, 0.1) is 29.7 Å². The number of aliphatic hydroxyl groups excluding tert-OH is 1. The molecule has 12 amide bonds. The van der Waals surface area contributed by atoms with Crippen molar-refractivity contribution in [3.05, 3.63) is 34.3 Å². The number of nitrogens with one attached hydrogen (secondary N) is 3. The van der Waals surface area contributed by atoms with E-state index in [0.717, 1.165) is 70.3 Å². The average molecular weight is 1420 g/mol. The molecule has 29 heteroatoms. The molecule has 1 spiro atoms. The first-order valence-electron chi connectivity index (χ1n) is 35.4. The van der Waals surface area contributed by atoms with Crippen molar-refractivity contribution in [1.29, 1.82) is 0 Å². The Kier molecular flexibility index (Phi) is 27.2. The minimum Gasteiger partial charge on any atom is -0.391 e. The third-order valence-corrected chi connectivity index (χ3v) is 21.7. The number of likely N-dealkylation sites (tertiary alicyclic amines) is 1. The van der Waals surface area contributed by atoms with Crippen LogP contribution in [0.25, 0.3) is 0 Å². The summed E-state index contributed by atoms with van der Waals surface area (Å²) in [6.45, 7) is 9.93. The van der Waals surface area contributed by atoms with E-state index in [2.05, 4.69) is 16.0 Å². The van der Waals surface area contributed by atoms with Crippen LogP contribution in [0.15, 0.2) is 18.2 Å². The van der Waals surface area contributed by atoms with Crippen LogP contribution < -0.4 is 16.0 Å². The van der Waals surface area contributed by atoms with Gasteiger partial charge in [0.15, 0.2) is 0 Å². The maximum Gasteiger partial charge on any atom is 0.417 e. The van der Waals surface area contributed by atoms with Crippen molar-refractivity contribution in [2.75, 3.05) is 75.0 Å². The van der Waals surface area contributed by atoms with Crippen LogP contribution in [0.5, 0.6) is 0 Å². The summed E-state index contributed by atoms with van der Waals surface area (Å²) in [5.74, 6) is -9.27. The largest absolute Gasteiger partial charge is 0.417 e. The molecule has 4 N–H and O–H groups in total. The molecular weight excluding hydrogens is 1310 g/mol. The minimum atomic E-state index is -4.77. The summed E-state index contributed by atoms with van der Waals surface area (Å²) in [5.41, 5.74) is -2.38. The Hall–Kier alpha value is -7.10. The fourth-order valence-corrected chi connectivity index (χ4v) is 15.5. The molecule has 0 unspecified atom stereocenters. The topological polar surface area (TPSA) is 290 Å². The molecule has 4 aliphatic heterocycles. The number of rotatable bonds is 10. The Morgan fingerprint density at radius 1 is 0.646 bits per heavy atom. The summed E-state index contributed by atoms with van der Waals surface area (Å²) >= 11 is 6.15. The number of hydrogen-bond donors (Lipinski definition) is 4. The van der Waals surface area contributed by atoms with Crippen molar-refractivity contribution < 1.29 is 75.8 Å². The number of aryl methyl sites for hydroxylation is 1. The summed E-state index contributed by atoms with van der Waals surface area (Å²) in [6.07, 6.45) is 1.37. The molecule has 1 aromatic rings. The van der Waals surface area contributed by atoms with Crippen molar-refractivity contribution in [2.24, 2.45) is 17.8 Å². The maximum absolute atomic E-state index is 15.4. The number of nitrogens with zero attached hydrogens (tertiary/aromatic N) is 9. The van der Waals surface area contributed by atoms with E-state index in [9.17, 15) is 56.6 Å². The van der Waals surface area contributed by atoms with Gasteiger partial charge in [0.1, 0.15) is 59.9 Å². The van der Waals surface area contributed by atoms with E-state index < -0.39 is 173 Å². The number of alkyl halides is 3. The number of likely N-dealkylation sites (N-methyl/N-ethyl adjacent to an activating group) is 6. The molecule has 25 nitrogen and oxygen atoms in total. The molecule has 99 heavy (non-hydrogen) atoms. The first kappa shape index (κ1) is 79.2. The number of benzene rings is 1. The first-order valence-corrected chi connectivity index (χ1v) is 35.8. The molecule has 10 atom stereocenters. The lowest BCUT2D eigenvalue weighted by molar-refractivity contribution is -0.160.